The number of phenols is 1. The average Bonchev–Trinajstić information content (AvgIpc) is 3.52. The van der Waals surface area contributed by atoms with Crippen LogP contribution in [0.4, 0.5) is 10.5 Å². The molecule has 1 amide bonds. The van der Waals surface area contributed by atoms with E-state index < -0.39 is 14.4 Å². The summed E-state index contributed by atoms with van der Waals surface area (Å²) in [4.78, 5) is 26.4. The molecule has 5 N–H and O–H groups in total. The van der Waals surface area contributed by atoms with Gasteiger partial charge in [-0.25, -0.2) is 4.79 Å². The number of aromatic hydroxyl groups is 1. The van der Waals surface area contributed by atoms with E-state index in [9.17, 15) is 19.8 Å². The number of aromatic amines is 1. The number of benzene rings is 4. The van der Waals surface area contributed by atoms with Gasteiger partial charge >= 0.3 is 6.09 Å². The number of carbonyl (C=O) groups is 1. The molecule has 0 bridgehead atoms. The van der Waals surface area contributed by atoms with Gasteiger partial charge in [0.05, 0.1) is 17.3 Å². The maximum atomic E-state index is 12.1. The van der Waals surface area contributed by atoms with Crippen molar-refractivity contribution in [1.82, 2.24) is 14.9 Å². The van der Waals surface area contributed by atoms with Gasteiger partial charge in [0.2, 0.25) is 5.56 Å². The third-order valence-corrected chi connectivity index (χ3v) is 15.0. The van der Waals surface area contributed by atoms with E-state index in [1.54, 1.807) is 12.1 Å². The molecule has 0 aliphatic carbocycles. The molecule has 0 aliphatic rings. The lowest BCUT2D eigenvalue weighted by Crippen LogP contribution is -2.43. The van der Waals surface area contributed by atoms with Crippen LogP contribution in [0.1, 0.15) is 56.4 Å². The largest absolute Gasteiger partial charge is 0.506 e. The zero-order chi connectivity index (χ0) is 37.8. The molecular weight excluding hydrogens is 681 g/mol. The first kappa shape index (κ1) is 37.6. The second kappa shape index (κ2) is 15.8. The molecular formula is C43H50N4O5Si. The minimum absolute atomic E-state index is 0.00157. The van der Waals surface area contributed by atoms with E-state index in [0.29, 0.717) is 24.3 Å². The number of H-pyrrole nitrogens is 1. The lowest BCUT2D eigenvalue weighted by molar-refractivity contribution is 0.181. The fraction of sp³-hybridized carbons (Fsp3) is 0.302. The van der Waals surface area contributed by atoms with Crippen LogP contribution in [0.2, 0.25) is 18.1 Å². The summed E-state index contributed by atoms with van der Waals surface area (Å²) in [5.74, 6) is 0.0404. The maximum Gasteiger partial charge on any atom is 0.409 e. The zero-order valence-electron chi connectivity index (χ0n) is 31.2. The fourth-order valence-corrected chi connectivity index (χ4v) is 7.91. The molecule has 4 aromatic carbocycles. The summed E-state index contributed by atoms with van der Waals surface area (Å²) >= 11 is 0. The number of fused-ring (bicyclic) bond motifs is 2. The predicted molar refractivity (Wildman–Crippen MR) is 217 cm³/mol. The SMILES string of the molecule is CC(C)(C)[Si](C)(C)O[C@@H](CNCc1ccc2c(ccn2CCCCc2ccc(-c3ccccc3)c(NC(=O)O)c2)c1)c1ccc(O)c2[nH]c(=O)ccc12. The van der Waals surface area contributed by atoms with Crippen molar-refractivity contribution >= 4 is 41.9 Å². The van der Waals surface area contributed by atoms with E-state index in [0.717, 1.165) is 53.4 Å². The molecule has 0 unspecified atom stereocenters. The molecule has 1 atom stereocenters. The molecule has 9 nitrogen and oxygen atoms in total. The second-order valence-corrected chi connectivity index (χ2v) is 20.1. The van der Waals surface area contributed by atoms with Crippen molar-refractivity contribution in [3.05, 3.63) is 130 Å². The summed E-state index contributed by atoms with van der Waals surface area (Å²) in [6.45, 7) is 13.3. The van der Waals surface area contributed by atoms with E-state index in [-0.39, 0.29) is 22.5 Å². The van der Waals surface area contributed by atoms with Crippen molar-refractivity contribution in [3.63, 3.8) is 0 Å². The van der Waals surface area contributed by atoms with Crippen LogP contribution in [0.15, 0.2) is 108 Å². The summed E-state index contributed by atoms with van der Waals surface area (Å²) in [6.07, 6.45) is 3.62. The number of unbranched alkanes of at least 4 members (excludes halogenated alkanes) is 1. The van der Waals surface area contributed by atoms with E-state index in [1.807, 2.05) is 48.5 Å². The molecule has 0 aliphatic heterocycles. The molecule has 0 saturated carbocycles. The Morgan fingerprint density at radius 3 is 2.45 bits per heavy atom. The highest BCUT2D eigenvalue weighted by atomic mass is 28.4. The quantitative estimate of drug-likeness (QED) is 0.0561. The number of aryl methyl sites for hydroxylation is 2. The van der Waals surface area contributed by atoms with E-state index in [4.69, 9.17) is 4.43 Å². The highest BCUT2D eigenvalue weighted by Crippen LogP contribution is 2.41. The van der Waals surface area contributed by atoms with Gasteiger partial charge in [0.1, 0.15) is 5.75 Å². The topological polar surface area (TPSA) is 129 Å². The number of rotatable bonds is 14. The van der Waals surface area contributed by atoms with Crippen LogP contribution in [0.3, 0.4) is 0 Å². The number of phenolic OH excluding ortho intramolecular Hbond substituents is 1. The van der Waals surface area contributed by atoms with Crippen LogP contribution < -0.4 is 16.2 Å². The van der Waals surface area contributed by atoms with Gasteiger partial charge in [-0.15, -0.1) is 0 Å². The number of nitrogens with zero attached hydrogens (tertiary/aromatic N) is 1. The zero-order valence-corrected chi connectivity index (χ0v) is 32.2. The number of carboxylic acid groups (broad SMARTS) is 1. The Balaban J connectivity index is 1.09. The van der Waals surface area contributed by atoms with Crippen molar-refractivity contribution < 1.29 is 19.4 Å². The first-order valence-corrected chi connectivity index (χ1v) is 21.2. The summed E-state index contributed by atoms with van der Waals surface area (Å²) in [5.41, 5.74) is 7.02. The summed E-state index contributed by atoms with van der Waals surface area (Å²) in [5, 5.41) is 28.1. The Morgan fingerprint density at radius 2 is 1.70 bits per heavy atom. The first-order chi connectivity index (χ1) is 25.3. The number of anilines is 1. The van der Waals surface area contributed by atoms with Crippen LogP contribution >= 0.6 is 0 Å². The van der Waals surface area contributed by atoms with E-state index in [1.165, 1.54) is 22.5 Å². The van der Waals surface area contributed by atoms with Crippen molar-refractivity contribution in [2.75, 3.05) is 11.9 Å². The van der Waals surface area contributed by atoms with E-state index >= 15 is 0 Å². The molecule has 0 spiro atoms. The number of amides is 1. The molecule has 0 radical (unpaired) electrons. The monoisotopic (exact) mass is 730 g/mol. The molecule has 6 aromatic rings. The Morgan fingerprint density at radius 1 is 0.925 bits per heavy atom. The summed E-state index contributed by atoms with van der Waals surface area (Å²) in [6, 6.07) is 31.4. The molecule has 276 valence electrons. The van der Waals surface area contributed by atoms with Crippen molar-refractivity contribution in [2.45, 2.75) is 77.4 Å². The molecule has 2 aromatic heterocycles. The summed E-state index contributed by atoms with van der Waals surface area (Å²) in [7, 11) is -2.18. The third-order valence-electron chi connectivity index (χ3n) is 10.5. The van der Waals surface area contributed by atoms with Gasteiger partial charge in [0, 0.05) is 48.4 Å². The van der Waals surface area contributed by atoms with Crippen LogP contribution in [0.5, 0.6) is 5.75 Å². The Labute approximate surface area is 311 Å². The van der Waals surface area contributed by atoms with Gasteiger partial charge in [-0.1, -0.05) is 75.4 Å². The predicted octanol–water partition coefficient (Wildman–Crippen LogP) is 9.82. The van der Waals surface area contributed by atoms with Gasteiger partial charge in [-0.2, -0.15) is 0 Å². The van der Waals surface area contributed by atoms with Gasteiger partial charge in [-0.3, -0.25) is 10.1 Å². The van der Waals surface area contributed by atoms with Gasteiger partial charge in [0.25, 0.3) is 0 Å². The van der Waals surface area contributed by atoms with Gasteiger partial charge in [-0.05, 0) is 101 Å². The lowest BCUT2D eigenvalue weighted by Gasteiger charge is -2.39. The van der Waals surface area contributed by atoms with Crippen LogP contribution in [0.25, 0.3) is 32.9 Å². The number of nitrogens with one attached hydrogen (secondary N) is 3. The maximum absolute atomic E-state index is 12.1. The standard InChI is InChI=1S/C43H50N4O5Si/c1-43(2,3)53(4,5)52-39(34-17-20-38(48)41-35(34)18-21-40(49)46-41)28-44-27-30-15-19-37-32(25-30)22-24-47(37)23-10-9-11-29-14-16-33(31-12-7-6-8-13-31)36(26-29)45-42(50)51/h6-8,12-22,24-26,39,44-45,48H,9-11,23,27-28H2,1-5H3,(H,46,49)(H,50,51)/t39-/m0/s1. The molecule has 2 heterocycles. The second-order valence-electron chi connectivity index (χ2n) is 15.3. The Hall–Kier alpha value is -5.16. The molecule has 53 heavy (non-hydrogen) atoms. The van der Waals surface area contributed by atoms with Crippen molar-refractivity contribution in [3.8, 4) is 16.9 Å². The normalized spacial score (nSPS) is 12.7. The highest BCUT2D eigenvalue weighted by molar-refractivity contribution is 6.74. The van der Waals surface area contributed by atoms with Crippen LogP contribution in [-0.4, -0.2) is 40.7 Å². The number of hydrogen-bond acceptors (Lipinski definition) is 5. The van der Waals surface area contributed by atoms with Gasteiger partial charge < -0.3 is 29.5 Å². The lowest BCUT2D eigenvalue weighted by atomic mass is 9.99. The minimum Gasteiger partial charge on any atom is -0.506 e. The van der Waals surface area contributed by atoms with E-state index in [2.05, 4.69) is 90.6 Å². The number of pyridine rings is 1. The van der Waals surface area contributed by atoms with Crippen molar-refractivity contribution in [2.24, 2.45) is 0 Å². The Bertz CT molecular complexity index is 2270. The average molecular weight is 731 g/mol. The molecule has 6 rings (SSSR count). The molecule has 0 fully saturated rings. The number of hydrogen-bond donors (Lipinski definition) is 5. The number of aromatic nitrogens is 2. The van der Waals surface area contributed by atoms with Crippen molar-refractivity contribution in [1.29, 1.82) is 0 Å². The molecule has 0 saturated heterocycles. The smallest absolute Gasteiger partial charge is 0.409 e. The molecule has 10 heteroatoms. The fourth-order valence-electron chi connectivity index (χ4n) is 6.64. The summed E-state index contributed by atoms with van der Waals surface area (Å²) < 4.78 is 9.27. The highest BCUT2D eigenvalue weighted by Gasteiger charge is 2.39. The van der Waals surface area contributed by atoms with Crippen LogP contribution in [0, 0.1) is 0 Å². The van der Waals surface area contributed by atoms with Crippen LogP contribution in [-0.2, 0) is 23.9 Å². The Kier molecular flexibility index (Phi) is 11.2. The minimum atomic E-state index is -2.18. The third kappa shape index (κ3) is 8.90. The first-order valence-electron chi connectivity index (χ1n) is 18.3. The van der Waals surface area contributed by atoms with Gasteiger partial charge in [0.15, 0.2) is 8.32 Å².